The largest absolute Gasteiger partial charge is 0.398 e. The van der Waals surface area contributed by atoms with E-state index in [1.54, 1.807) is 30.3 Å². The van der Waals surface area contributed by atoms with Gasteiger partial charge in [0.25, 0.3) is 10.0 Å². The van der Waals surface area contributed by atoms with Crippen molar-refractivity contribution in [3.05, 3.63) is 46.9 Å². The number of nitrogens with one attached hydrogen (secondary N) is 1. The van der Waals surface area contributed by atoms with Crippen molar-refractivity contribution in [1.82, 2.24) is 0 Å². The Labute approximate surface area is 132 Å². The molecule has 0 spiro atoms. The maximum Gasteiger partial charge on any atom is 0.263 e. The van der Waals surface area contributed by atoms with Gasteiger partial charge in [-0.1, -0.05) is 22.0 Å². The van der Waals surface area contributed by atoms with Crippen molar-refractivity contribution in [3.63, 3.8) is 0 Å². The summed E-state index contributed by atoms with van der Waals surface area (Å²) in [6.07, 6.45) is 0. The normalized spacial score (nSPS) is 11.2. The first-order chi connectivity index (χ1) is 9.79. The van der Waals surface area contributed by atoms with E-state index in [2.05, 4.69) is 20.7 Å². The zero-order valence-corrected chi connectivity index (χ0v) is 14.1. The van der Waals surface area contributed by atoms with Gasteiger partial charge in [0.15, 0.2) is 0 Å². The Morgan fingerprint density at radius 3 is 2.52 bits per heavy atom. The minimum Gasteiger partial charge on any atom is -0.398 e. The zero-order chi connectivity index (χ0) is 15.6. The Balaban J connectivity index is 2.37. The Morgan fingerprint density at radius 2 is 1.86 bits per heavy atom. The standard InChI is InChI=1S/C14H16BrN3O2S/c1-18(2)12-5-3-4-11(9-12)17-21(19,20)14-8-10(15)6-7-13(14)16/h3-9,17H,16H2,1-2H3. The number of benzene rings is 2. The molecule has 0 amide bonds. The van der Waals surface area contributed by atoms with Crippen molar-refractivity contribution in [2.75, 3.05) is 29.5 Å². The summed E-state index contributed by atoms with van der Waals surface area (Å²) in [6, 6.07) is 11.9. The fraction of sp³-hybridized carbons (Fsp3) is 0.143. The van der Waals surface area contributed by atoms with Crippen LogP contribution in [0.15, 0.2) is 51.8 Å². The molecule has 0 saturated carbocycles. The number of hydrogen-bond acceptors (Lipinski definition) is 4. The van der Waals surface area contributed by atoms with Gasteiger partial charge in [0, 0.05) is 24.3 Å². The van der Waals surface area contributed by atoms with Gasteiger partial charge in [0.05, 0.1) is 11.4 Å². The van der Waals surface area contributed by atoms with Gasteiger partial charge in [-0.3, -0.25) is 4.72 Å². The number of halogens is 1. The number of hydrogen-bond donors (Lipinski definition) is 2. The van der Waals surface area contributed by atoms with E-state index in [4.69, 9.17) is 5.73 Å². The first-order valence-corrected chi connectivity index (χ1v) is 8.42. The van der Waals surface area contributed by atoms with E-state index in [1.807, 2.05) is 25.1 Å². The third kappa shape index (κ3) is 3.68. The van der Waals surface area contributed by atoms with E-state index < -0.39 is 10.0 Å². The van der Waals surface area contributed by atoms with Crippen LogP contribution in [0.25, 0.3) is 0 Å². The highest BCUT2D eigenvalue weighted by Gasteiger charge is 2.18. The molecule has 7 heteroatoms. The van der Waals surface area contributed by atoms with Crippen molar-refractivity contribution < 1.29 is 8.42 Å². The molecule has 0 saturated heterocycles. The SMILES string of the molecule is CN(C)c1cccc(NS(=O)(=O)c2cc(Br)ccc2N)c1. The quantitative estimate of drug-likeness (QED) is 0.812. The van der Waals surface area contributed by atoms with Crippen LogP contribution in [0.1, 0.15) is 0 Å². The molecule has 0 aliphatic heterocycles. The molecular weight excluding hydrogens is 354 g/mol. The molecule has 0 aliphatic rings. The van der Waals surface area contributed by atoms with E-state index in [9.17, 15) is 8.42 Å². The molecule has 0 unspecified atom stereocenters. The van der Waals surface area contributed by atoms with Crippen LogP contribution in [0.3, 0.4) is 0 Å². The second kappa shape index (κ2) is 5.95. The second-order valence-corrected chi connectivity index (χ2v) is 7.30. The van der Waals surface area contributed by atoms with Crippen LogP contribution < -0.4 is 15.4 Å². The first-order valence-electron chi connectivity index (χ1n) is 6.15. The summed E-state index contributed by atoms with van der Waals surface area (Å²) < 4.78 is 28.1. The van der Waals surface area contributed by atoms with Crippen molar-refractivity contribution in [3.8, 4) is 0 Å². The Bertz CT molecular complexity index is 761. The highest BCUT2D eigenvalue weighted by atomic mass is 79.9. The highest BCUT2D eigenvalue weighted by Crippen LogP contribution is 2.26. The highest BCUT2D eigenvalue weighted by molar-refractivity contribution is 9.10. The minimum absolute atomic E-state index is 0.0483. The summed E-state index contributed by atoms with van der Waals surface area (Å²) in [5.74, 6) is 0. The van der Waals surface area contributed by atoms with Crippen LogP contribution in [0.2, 0.25) is 0 Å². The number of rotatable bonds is 4. The maximum absolute atomic E-state index is 12.4. The number of nitrogen functional groups attached to an aromatic ring is 1. The monoisotopic (exact) mass is 369 g/mol. The van der Waals surface area contributed by atoms with Crippen molar-refractivity contribution >= 4 is 43.0 Å². The summed E-state index contributed by atoms with van der Waals surface area (Å²) in [6.45, 7) is 0. The molecule has 0 bridgehead atoms. The smallest absolute Gasteiger partial charge is 0.263 e. The predicted octanol–water partition coefficient (Wildman–Crippen LogP) is 2.90. The van der Waals surface area contributed by atoms with Crippen molar-refractivity contribution in [2.24, 2.45) is 0 Å². The third-order valence-electron chi connectivity index (χ3n) is 2.88. The lowest BCUT2D eigenvalue weighted by atomic mass is 10.3. The van der Waals surface area contributed by atoms with Crippen LogP contribution in [-0.2, 0) is 10.0 Å². The van der Waals surface area contributed by atoms with Crippen LogP contribution in [0.4, 0.5) is 17.1 Å². The molecule has 0 heterocycles. The van der Waals surface area contributed by atoms with Crippen LogP contribution >= 0.6 is 15.9 Å². The second-order valence-electron chi connectivity index (χ2n) is 4.73. The number of sulfonamides is 1. The summed E-state index contributed by atoms with van der Waals surface area (Å²) in [4.78, 5) is 1.94. The van der Waals surface area contributed by atoms with Gasteiger partial charge >= 0.3 is 0 Å². The lowest BCUT2D eigenvalue weighted by Gasteiger charge is -2.15. The van der Waals surface area contributed by atoms with Crippen molar-refractivity contribution in [2.45, 2.75) is 4.90 Å². The van der Waals surface area contributed by atoms with E-state index in [1.165, 1.54) is 6.07 Å². The maximum atomic E-state index is 12.4. The van der Waals surface area contributed by atoms with E-state index in [0.717, 1.165) is 5.69 Å². The first kappa shape index (κ1) is 15.7. The van der Waals surface area contributed by atoms with Crippen LogP contribution in [0.5, 0.6) is 0 Å². The Morgan fingerprint density at radius 1 is 1.14 bits per heavy atom. The molecule has 0 atom stereocenters. The average Bonchev–Trinajstić information content (AvgIpc) is 2.41. The van der Waals surface area contributed by atoms with Crippen LogP contribution in [0, 0.1) is 0 Å². The predicted molar refractivity (Wildman–Crippen MR) is 90.1 cm³/mol. The number of anilines is 3. The molecule has 112 valence electrons. The average molecular weight is 370 g/mol. The van der Waals surface area contributed by atoms with Crippen molar-refractivity contribution in [1.29, 1.82) is 0 Å². The zero-order valence-electron chi connectivity index (χ0n) is 11.7. The van der Waals surface area contributed by atoms with Gasteiger partial charge in [-0.25, -0.2) is 8.42 Å². The van der Waals surface area contributed by atoms with Gasteiger partial charge in [-0.15, -0.1) is 0 Å². The summed E-state index contributed by atoms with van der Waals surface area (Å²) in [5, 5.41) is 0. The number of nitrogens with two attached hydrogens (primary N) is 1. The lowest BCUT2D eigenvalue weighted by molar-refractivity contribution is 0.601. The molecule has 2 aromatic rings. The summed E-state index contributed by atoms with van der Waals surface area (Å²) >= 11 is 3.25. The molecular formula is C14H16BrN3O2S. The van der Waals surface area contributed by atoms with E-state index in [-0.39, 0.29) is 10.6 Å². The number of nitrogens with zero attached hydrogens (tertiary/aromatic N) is 1. The topological polar surface area (TPSA) is 75.4 Å². The summed E-state index contributed by atoms with van der Waals surface area (Å²) in [7, 11) is 0.0451. The van der Waals surface area contributed by atoms with Gasteiger partial charge in [0.2, 0.25) is 0 Å². The van der Waals surface area contributed by atoms with Gasteiger partial charge in [-0.05, 0) is 36.4 Å². The molecule has 2 rings (SSSR count). The molecule has 5 nitrogen and oxygen atoms in total. The van der Waals surface area contributed by atoms with Crippen LogP contribution in [-0.4, -0.2) is 22.5 Å². The fourth-order valence-electron chi connectivity index (χ4n) is 1.80. The Kier molecular flexibility index (Phi) is 4.43. The van der Waals surface area contributed by atoms with E-state index in [0.29, 0.717) is 10.2 Å². The van der Waals surface area contributed by atoms with E-state index >= 15 is 0 Å². The van der Waals surface area contributed by atoms with Gasteiger partial charge < -0.3 is 10.6 Å². The summed E-state index contributed by atoms with van der Waals surface area (Å²) in [5.41, 5.74) is 7.35. The third-order valence-corrected chi connectivity index (χ3v) is 4.81. The van der Waals surface area contributed by atoms with Gasteiger partial charge in [0.1, 0.15) is 4.90 Å². The molecule has 0 fully saturated rings. The minimum atomic E-state index is -3.73. The molecule has 0 aliphatic carbocycles. The van der Waals surface area contributed by atoms with Gasteiger partial charge in [-0.2, -0.15) is 0 Å². The lowest BCUT2D eigenvalue weighted by Crippen LogP contribution is -2.15. The molecule has 0 radical (unpaired) electrons. The molecule has 2 aromatic carbocycles. The fourth-order valence-corrected chi connectivity index (χ4v) is 3.52. The molecule has 0 aromatic heterocycles. The molecule has 21 heavy (non-hydrogen) atoms. The molecule has 3 N–H and O–H groups in total. The Hall–Kier alpha value is -1.73.